The number of carbonyl (C=O) groups excluding carboxylic acids is 2. The maximum atomic E-state index is 13.4. The lowest BCUT2D eigenvalue weighted by molar-refractivity contribution is -0.148. The van der Waals surface area contributed by atoms with Crippen LogP contribution in [0.5, 0.6) is 0 Å². The van der Waals surface area contributed by atoms with E-state index in [4.69, 9.17) is 9.84 Å². The van der Waals surface area contributed by atoms with E-state index in [1.807, 2.05) is 4.90 Å². The van der Waals surface area contributed by atoms with E-state index in [9.17, 15) is 9.59 Å². The maximum Gasteiger partial charge on any atom is 0.406 e. The number of morpholine rings is 1. The van der Waals surface area contributed by atoms with Crippen molar-refractivity contribution >= 4 is 12.0 Å². The number of fused-ring (bicyclic) bond motifs is 1. The molecule has 2 atom stereocenters. The van der Waals surface area contributed by atoms with Gasteiger partial charge in [0.2, 0.25) is 0 Å². The van der Waals surface area contributed by atoms with Crippen molar-refractivity contribution in [1.29, 1.82) is 0 Å². The minimum absolute atomic E-state index is 0.0426. The van der Waals surface area contributed by atoms with Crippen LogP contribution < -0.4 is 10.6 Å². The van der Waals surface area contributed by atoms with Gasteiger partial charge in [0.1, 0.15) is 6.10 Å². The molecule has 0 spiro atoms. The summed E-state index contributed by atoms with van der Waals surface area (Å²) in [5.74, 6) is 0.0787. The van der Waals surface area contributed by atoms with Crippen molar-refractivity contribution in [3.8, 4) is 0 Å². The van der Waals surface area contributed by atoms with Crippen LogP contribution in [0.1, 0.15) is 69.4 Å². The van der Waals surface area contributed by atoms with Crippen molar-refractivity contribution in [3.05, 3.63) is 17.0 Å². The SMILES string of the molecule is COC(=O)NCCCn1nc([C@@H](C)N(C(=O)[C@H]2CNCCO2)C2CC2)c2c1C(C)(C)CC2. The van der Waals surface area contributed by atoms with E-state index in [1.165, 1.54) is 18.4 Å². The Bertz CT molecular complexity index is 842. The molecule has 2 amide bonds. The molecule has 1 aromatic rings. The predicted octanol–water partition coefficient (Wildman–Crippen LogP) is 1.89. The van der Waals surface area contributed by atoms with Crippen LogP contribution in [0.25, 0.3) is 0 Å². The normalized spacial score (nSPS) is 22.8. The highest BCUT2D eigenvalue weighted by Crippen LogP contribution is 2.44. The van der Waals surface area contributed by atoms with E-state index in [1.54, 1.807) is 0 Å². The van der Waals surface area contributed by atoms with Crippen LogP contribution in [0.2, 0.25) is 0 Å². The molecule has 2 N–H and O–H groups in total. The molecule has 2 heterocycles. The monoisotopic (exact) mass is 447 g/mol. The summed E-state index contributed by atoms with van der Waals surface area (Å²) < 4.78 is 12.5. The molecular formula is C23H37N5O4. The average Bonchev–Trinajstić information content (AvgIpc) is 3.47. The number of nitrogens with zero attached hydrogens (tertiary/aromatic N) is 3. The average molecular weight is 448 g/mol. The standard InChI is InChI=1S/C23H37N5O4/c1-15(28(16-6-7-16)21(29)18-14-24-11-13-32-18)19-17-8-9-23(2,3)20(17)27(26-19)12-5-10-25-22(30)31-4/h15-16,18,24H,5-14H2,1-4H3,(H,25,30)/t15-,18-/m1/s1. The van der Waals surface area contributed by atoms with E-state index in [0.717, 1.165) is 50.9 Å². The molecule has 1 aromatic heterocycles. The number of carbonyl (C=O) groups is 2. The number of amides is 2. The fourth-order valence-corrected chi connectivity index (χ4v) is 5.13. The first-order chi connectivity index (χ1) is 15.3. The molecule has 1 saturated heterocycles. The topological polar surface area (TPSA) is 97.7 Å². The number of aryl methyl sites for hydroxylation is 1. The zero-order valence-electron chi connectivity index (χ0n) is 19.8. The fraction of sp³-hybridized carbons (Fsp3) is 0.783. The van der Waals surface area contributed by atoms with Crippen LogP contribution in [0.4, 0.5) is 4.79 Å². The zero-order valence-corrected chi connectivity index (χ0v) is 19.8. The lowest BCUT2D eigenvalue weighted by Crippen LogP contribution is -2.50. The largest absolute Gasteiger partial charge is 0.453 e. The zero-order chi connectivity index (χ0) is 22.9. The summed E-state index contributed by atoms with van der Waals surface area (Å²) in [6, 6.07) is 0.195. The van der Waals surface area contributed by atoms with Crippen LogP contribution in [0.15, 0.2) is 0 Å². The third-order valence-corrected chi connectivity index (χ3v) is 6.93. The van der Waals surface area contributed by atoms with E-state index in [0.29, 0.717) is 19.7 Å². The maximum absolute atomic E-state index is 13.4. The molecule has 32 heavy (non-hydrogen) atoms. The summed E-state index contributed by atoms with van der Waals surface area (Å²) in [5, 5.41) is 11.1. The summed E-state index contributed by atoms with van der Waals surface area (Å²) >= 11 is 0. The van der Waals surface area contributed by atoms with Crippen molar-refractivity contribution in [3.63, 3.8) is 0 Å². The highest BCUT2D eigenvalue weighted by atomic mass is 16.5. The molecule has 178 valence electrons. The van der Waals surface area contributed by atoms with Crippen LogP contribution in [-0.4, -0.2) is 72.2 Å². The van der Waals surface area contributed by atoms with Crippen LogP contribution >= 0.6 is 0 Å². The first kappa shape index (κ1) is 23.0. The number of ether oxygens (including phenoxy) is 2. The number of rotatable bonds is 8. The Balaban J connectivity index is 1.55. The Hall–Kier alpha value is -2.13. The second kappa shape index (κ2) is 9.39. The van der Waals surface area contributed by atoms with Crippen molar-refractivity contribution in [2.45, 2.75) is 83.0 Å². The van der Waals surface area contributed by atoms with Crippen LogP contribution in [0.3, 0.4) is 0 Å². The van der Waals surface area contributed by atoms with Gasteiger partial charge in [-0.25, -0.2) is 4.79 Å². The van der Waals surface area contributed by atoms with Gasteiger partial charge in [-0.1, -0.05) is 13.8 Å². The lowest BCUT2D eigenvalue weighted by Gasteiger charge is -2.33. The quantitative estimate of drug-likeness (QED) is 0.591. The van der Waals surface area contributed by atoms with E-state index in [2.05, 4.69) is 40.8 Å². The Labute approximate surface area is 190 Å². The first-order valence-electron chi connectivity index (χ1n) is 11.9. The minimum atomic E-state index is -0.414. The number of alkyl carbamates (subject to hydrolysis) is 1. The van der Waals surface area contributed by atoms with Crippen LogP contribution in [0, 0.1) is 0 Å². The number of hydrogen-bond acceptors (Lipinski definition) is 6. The lowest BCUT2D eigenvalue weighted by atomic mass is 9.90. The predicted molar refractivity (Wildman–Crippen MR) is 119 cm³/mol. The number of methoxy groups -OCH3 is 1. The van der Waals surface area contributed by atoms with E-state index < -0.39 is 12.2 Å². The molecule has 9 nitrogen and oxygen atoms in total. The second-order valence-electron chi connectivity index (χ2n) is 9.81. The number of nitrogens with one attached hydrogen (secondary N) is 2. The van der Waals surface area contributed by atoms with Gasteiger partial charge in [0.25, 0.3) is 5.91 Å². The van der Waals surface area contributed by atoms with Crippen molar-refractivity contribution in [1.82, 2.24) is 25.3 Å². The first-order valence-corrected chi connectivity index (χ1v) is 11.9. The highest BCUT2D eigenvalue weighted by molar-refractivity contribution is 5.82. The van der Waals surface area contributed by atoms with Gasteiger partial charge in [0, 0.05) is 43.3 Å². The summed E-state index contributed by atoms with van der Waals surface area (Å²) in [7, 11) is 1.37. The summed E-state index contributed by atoms with van der Waals surface area (Å²) in [6.45, 7) is 9.83. The minimum Gasteiger partial charge on any atom is -0.453 e. The van der Waals surface area contributed by atoms with Crippen molar-refractivity contribution < 1.29 is 19.1 Å². The molecule has 0 unspecified atom stereocenters. The highest BCUT2D eigenvalue weighted by Gasteiger charge is 2.44. The molecule has 2 fully saturated rings. The van der Waals surface area contributed by atoms with Crippen LogP contribution in [-0.2, 0) is 32.6 Å². The molecule has 0 bridgehead atoms. The Morgan fingerprint density at radius 2 is 2.19 bits per heavy atom. The third kappa shape index (κ3) is 4.64. The van der Waals surface area contributed by atoms with Gasteiger partial charge in [-0.2, -0.15) is 5.10 Å². The van der Waals surface area contributed by atoms with E-state index >= 15 is 0 Å². The van der Waals surface area contributed by atoms with Crippen molar-refractivity contribution in [2.24, 2.45) is 0 Å². The molecule has 0 radical (unpaired) electrons. The van der Waals surface area contributed by atoms with Gasteiger partial charge < -0.3 is 25.0 Å². The Morgan fingerprint density at radius 1 is 1.41 bits per heavy atom. The number of hydrogen-bond donors (Lipinski definition) is 2. The summed E-state index contributed by atoms with van der Waals surface area (Å²) in [5.41, 5.74) is 3.64. The molecule has 9 heteroatoms. The fourth-order valence-electron chi connectivity index (χ4n) is 5.13. The molecule has 1 saturated carbocycles. The summed E-state index contributed by atoms with van der Waals surface area (Å²) in [4.78, 5) is 26.8. The molecule has 0 aromatic carbocycles. The van der Waals surface area contributed by atoms with Gasteiger partial charge >= 0.3 is 6.09 Å². The second-order valence-corrected chi connectivity index (χ2v) is 9.81. The van der Waals surface area contributed by atoms with Gasteiger partial charge in [-0.15, -0.1) is 0 Å². The summed E-state index contributed by atoms with van der Waals surface area (Å²) in [6.07, 6.45) is 4.09. The van der Waals surface area contributed by atoms with Gasteiger partial charge in [-0.05, 0) is 44.6 Å². The smallest absolute Gasteiger partial charge is 0.406 e. The van der Waals surface area contributed by atoms with Gasteiger partial charge in [0.05, 0.1) is 25.5 Å². The molecule has 1 aliphatic heterocycles. The molecule has 4 rings (SSSR count). The molecule has 3 aliphatic rings. The number of aromatic nitrogens is 2. The Kier molecular flexibility index (Phi) is 6.76. The third-order valence-electron chi connectivity index (χ3n) is 6.93. The van der Waals surface area contributed by atoms with Gasteiger partial charge in [-0.3, -0.25) is 9.48 Å². The Morgan fingerprint density at radius 3 is 2.84 bits per heavy atom. The molecular weight excluding hydrogens is 410 g/mol. The molecule has 2 aliphatic carbocycles. The van der Waals surface area contributed by atoms with Gasteiger partial charge in [0.15, 0.2) is 0 Å². The van der Waals surface area contributed by atoms with Crippen molar-refractivity contribution in [2.75, 3.05) is 33.4 Å². The van der Waals surface area contributed by atoms with E-state index in [-0.39, 0.29) is 23.4 Å².